The summed E-state index contributed by atoms with van der Waals surface area (Å²) < 4.78 is 0. The third kappa shape index (κ3) is 2.10. The lowest BCUT2D eigenvalue weighted by Gasteiger charge is -2.59. The van der Waals surface area contributed by atoms with E-state index in [-0.39, 0.29) is 23.4 Å². The van der Waals surface area contributed by atoms with Gasteiger partial charge in [0, 0.05) is 0 Å². The lowest BCUT2D eigenvalue weighted by atomic mass is 9.50. The van der Waals surface area contributed by atoms with Crippen LogP contribution in [0.25, 0.3) is 0 Å². The quantitative estimate of drug-likeness (QED) is 0.673. The molecule has 0 amide bonds. The highest BCUT2D eigenvalue weighted by Gasteiger charge is 2.58. The third-order valence-corrected chi connectivity index (χ3v) is 5.77. The van der Waals surface area contributed by atoms with Crippen LogP contribution in [0.4, 0.5) is 0 Å². The van der Waals surface area contributed by atoms with Crippen molar-refractivity contribution in [2.75, 3.05) is 0 Å². The monoisotopic (exact) mass is 256 g/mol. The maximum absolute atomic E-state index is 11.1. The molecule has 0 unspecified atom stereocenters. The van der Waals surface area contributed by atoms with Gasteiger partial charge in [-0.05, 0) is 63.2 Å². The van der Waals surface area contributed by atoms with Crippen molar-refractivity contribution in [3.05, 3.63) is 0 Å². The van der Waals surface area contributed by atoms with Crippen LogP contribution in [0.15, 0.2) is 0 Å². The molecule has 18 heavy (non-hydrogen) atoms. The number of aliphatic hydroxyl groups excluding tert-OH is 1. The van der Waals surface area contributed by atoms with Gasteiger partial charge in [-0.25, -0.2) is 0 Å². The standard InChI is InChI=1S/C15H28O3/c1-10-7-12(16)9-14(4)6-5-11(13(2,3)17)8-15(10,14)18/h10-12,16-18H,5-9H2,1-4H3/t10-,11-,12-,14+,15-/m0/s1. The first-order valence-electron chi connectivity index (χ1n) is 7.21. The largest absolute Gasteiger partial charge is 0.393 e. The molecule has 0 aliphatic heterocycles. The lowest BCUT2D eigenvalue weighted by Crippen LogP contribution is -2.61. The fourth-order valence-corrected chi connectivity index (χ4v) is 4.32. The van der Waals surface area contributed by atoms with Crippen LogP contribution in [0.3, 0.4) is 0 Å². The third-order valence-electron chi connectivity index (χ3n) is 5.77. The van der Waals surface area contributed by atoms with Crippen molar-refractivity contribution in [1.82, 2.24) is 0 Å². The van der Waals surface area contributed by atoms with Crippen LogP contribution in [0.1, 0.15) is 59.8 Å². The van der Waals surface area contributed by atoms with Gasteiger partial charge in [0.2, 0.25) is 0 Å². The van der Waals surface area contributed by atoms with Crippen molar-refractivity contribution in [2.45, 2.75) is 77.1 Å². The Bertz CT molecular complexity index is 322. The molecule has 5 atom stereocenters. The van der Waals surface area contributed by atoms with Crippen LogP contribution in [-0.4, -0.2) is 32.6 Å². The van der Waals surface area contributed by atoms with Gasteiger partial charge in [0.15, 0.2) is 0 Å². The molecule has 3 heteroatoms. The maximum atomic E-state index is 11.1. The Morgan fingerprint density at radius 1 is 1.22 bits per heavy atom. The van der Waals surface area contributed by atoms with E-state index in [0.29, 0.717) is 19.3 Å². The van der Waals surface area contributed by atoms with Crippen molar-refractivity contribution in [3.8, 4) is 0 Å². The van der Waals surface area contributed by atoms with Gasteiger partial charge in [-0.1, -0.05) is 13.8 Å². The number of rotatable bonds is 1. The minimum Gasteiger partial charge on any atom is -0.393 e. The van der Waals surface area contributed by atoms with Crippen molar-refractivity contribution in [2.24, 2.45) is 17.3 Å². The molecule has 0 heterocycles. The predicted octanol–water partition coefficient (Wildman–Crippen LogP) is 2.09. The molecule has 3 N–H and O–H groups in total. The van der Waals surface area contributed by atoms with Crippen LogP contribution < -0.4 is 0 Å². The predicted molar refractivity (Wildman–Crippen MR) is 71.1 cm³/mol. The summed E-state index contributed by atoms with van der Waals surface area (Å²) >= 11 is 0. The van der Waals surface area contributed by atoms with E-state index in [1.165, 1.54) is 0 Å². The molecule has 2 aliphatic carbocycles. The lowest BCUT2D eigenvalue weighted by molar-refractivity contribution is -0.211. The molecule has 2 saturated carbocycles. The van der Waals surface area contributed by atoms with E-state index in [0.717, 1.165) is 12.8 Å². The smallest absolute Gasteiger partial charge is 0.0732 e. The Balaban J connectivity index is 2.27. The molecule has 0 bridgehead atoms. The summed E-state index contributed by atoms with van der Waals surface area (Å²) in [6.07, 6.45) is 3.54. The summed E-state index contributed by atoms with van der Waals surface area (Å²) in [5.74, 6) is 0.240. The van der Waals surface area contributed by atoms with E-state index >= 15 is 0 Å². The van der Waals surface area contributed by atoms with Crippen molar-refractivity contribution in [3.63, 3.8) is 0 Å². The van der Waals surface area contributed by atoms with Crippen molar-refractivity contribution >= 4 is 0 Å². The van der Waals surface area contributed by atoms with Gasteiger partial charge in [0.25, 0.3) is 0 Å². The molecule has 0 aromatic heterocycles. The molecule has 106 valence electrons. The minimum absolute atomic E-state index is 0.0939. The first-order valence-corrected chi connectivity index (χ1v) is 7.21. The van der Waals surface area contributed by atoms with Crippen molar-refractivity contribution < 1.29 is 15.3 Å². The van der Waals surface area contributed by atoms with Gasteiger partial charge >= 0.3 is 0 Å². The Labute approximate surface area is 110 Å². The second kappa shape index (κ2) is 4.19. The molecular weight excluding hydrogens is 228 g/mol. The molecule has 0 spiro atoms. The summed E-state index contributed by atoms with van der Waals surface area (Å²) in [4.78, 5) is 0. The van der Waals surface area contributed by atoms with Crippen LogP contribution >= 0.6 is 0 Å². The van der Waals surface area contributed by atoms with Crippen LogP contribution in [0.5, 0.6) is 0 Å². The highest BCUT2D eigenvalue weighted by molar-refractivity contribution is 5.09. The zero-order valence-corrected chi connectivity index (χ0v) is 12.1. The van der Waals surface area contributed by atoms with Crippen LogP contribution in [-0.2, 0) is 0 Å². The van der Waals surface area contributed by atoms with Crippen molar-refractivity contribution in [1.29, 1.82) is 0 Å². The zero-order valence-electron chi connectivity index (χ0n) is 12.1. The molecule has 2 fully saturated rings. The van der Waals surface area contributed by atoms with Gasteiger partial charge in [-0.2, -0.15) is 0 Å². The summed E-state index contributed by atoms with van der Waals surface area (Å²) in [7, 11) is 0. The van der Waals surface area contributed by atoms with E-state index < -0.39 is 11.2 Å². The number of aliphatic hydroxyl groups is 3. The van der Waals surface area contributed by atoms with E-state index in [9.17, 15) is 15.3 Å². The van der Waals surface area contributed by atoms with Gasteiger partial charge in [0.1, 0.15) is 0 Å². The molecule has 0 saturated heterocycles. The van der Waals surface area contributed by atoms with Gasteiger partial charge in [-0.3, -0.25) is 0 Å². The van der Waals surface area contributed by atoms with E-state index in [4.69, 9.17) is 0 Å². The topological polar surface area (TPSA) is 60.7 Å². The molecule has 2 rings (SSSR count). The Morgan fingerprint density at radius 3 is 2.39 bits per heavy atom. The normalized spacial score (nSPS) is 49.8. The maximum Gasteiger partial charge on any atom is 0.0732 e. The zero-order chi connectivity index (χ0) is 13.8. The Kier molecular flexibility index (Phi) is 3.33. The average molecular weight is 256 g/mol. The average Bonchev–Trinajstić information content (AvgIpc) is 2.18. The minimum atomic E-state index is -0.741. The second-order valence-corrected chi connectivity index (χ2v) is 7.57. The van der Waals surface area contributed by atoms with E-state index in [1.54, 1.807) is 0 Å². The first-order chi connectivity index (χ1) is 8.08. The number of hydrogen-bond acceptors (Lipinski definition) is 3. The summed E-state index contributed by atoms with van der Waals surface area (Å²) in [5.41, 5.74) is -1.67. The SMILES string of the molecule is C[C@H]1C[C@H](O)C[C@@]2(C)CC[C@H](C(C)(C)O)C[C@]12O. The van der Waals surface area contributed by atoms with Gasteiger partial charge < -0.3 is 15.3 Å². The fraction of sp³-hybridized carbons (Fsp3) is 1.00. The van der Waals surface area contributed by atoms with Crippen LogP contribution in [0.2, 0.25) is 0 Å². The molecule has 0 radical (unpaired) electrons. The van der Waals surface area contributed by atoms with E-state index in [1.807, 2.05) is 20.8 Å². The fourth-order valence-electron chi connectivity index (χ4n) is 4.32. The van der Waals surface area contributed by atoms with Crippen LogP contribution in [0, 0.1) is 17.3 Å². The first kappa shape index (κ1) is 14.3. The molecule has 3 nitrogen and oxygen atoms in total. The Hall–Kier alpha value is -0.120. The highest BCUT2D eigenvalue weighted by Crippen LogP contribution is 2.57. The second-order valence-electron chi connectivity index (χ2n) is 7.57. The number of hydrogen-bond donors (Lipinski definition) is 3. The van der Waals surface area contributed by atoms with Gasteiger partial charge in [-0.15, -0.1) is 0 Å². The summed E-state index contributed by atoms with van der Waals surface area (Å²) in [6.45, 7) is 7.82. The van der Waals surface area contributed by atoms with E-state index in [2.05, 4.69) is 6.92 Å². The summed E-state index contributed by atoms with van der Waals surface area (Å²) in [6, 6.07) is 0. The molecule has 0 aromatic rings. The van der Waals surface area contributed by atoms with Gasteiger partial charge in [0.05, 0.1) is 17.3 Å². The number of fused-ring (bicyclic) bond motifs is 1. The molecular formula is C15H28O3. The summed E-state index contributed by atoms with van der Waals surface area (Å²) in [5, 5.41) is 31.3. The highest BCUT2D eigenvalue weighted by atomic mass is 16.3. The Morgan fingerprint density at radius 2 is 1.83 bits per heavy atom. The molecule has 2 aliphatic rings. The molecule has 0 aromatic carbocycles.